The Hall–Kier alpha value is -5.36. The first-order valence-corrected chi connectivity index (χ1v) is 24.8. The molecule has 4 amide bonds. The molecule has 2 aromatic carbocycles. The average Bonchev–Trinajstić information content (AvgIpc) is 3.92. The molecule has 18 heteroatoms. The van der Waals surface area contributed by atoms with Crippen LogP contribution in [0.4, 0.5) is 9.18 Å². The summed E-state index contributed by atoms with van der Waals surface area (Å²) in [4.78, 5) is 68.0. The maximum absolute atomic E-state index is 14.8. The molecule has 1 saturated heterocycles. The zero-order valence-corrected chi connectivity index (χ0v) is 39.3. The van der Waals surface area contributed by atoms with Gasteiger partial charge in [-0.1, -0.05) is 43.2 Å². The topological polar surface area (TPSA) is 191 Å². The summed E-state index contributed by atoms with van der Waals surface area (Å²) in [6.07, 6.45) is 6.86. The number of thiazole rings is 1. The lowest BCUT2D eigenvalue weighted by atomic mass is 10.0. The van der Waals surface area contributed by atoms with Gasteiger partial charge in [-0.15, -0.1) is 11.3 Å². The van der Waals surface area contributed by atoms with Crippen LogP contribution in [0.15, 0.2) is 60.0 Å². The van der Waals surface area contributed by atoms with Gasteiger partial charge < -0.3 is 25.0 Å². The Morgan fingerprint density at radius 3 is 2.57 bits per heavy atom. The summed E-state index contributed by atoms with van der Waals surface area (Å²) in [5.41, 5.74) is 1.41. The van der Waals surface area contributed by atoms with E-state index in [1.54, 1.807) is 33.8 Å². The van der Waals surface area contributed by atoms with Crippen molar-refractivity contribution < 1.29 is 41.5 Å². The van der Waals surface area contributed by atoms with Crippen LogP contribution in [0.2, 0.25) is 0 Å². The van der Waals surface area contributed by atoms with Gasteiger partial charge in [-0.25, -0.2) is 22.6 Å². The summed E-state index contributed by atoms with van der Waals surface area (Å²) in [5, 5.41) is 8.36. The van der Waals surface area contributed by atoms with Crippen molar-refractivity contribution in [3.63, 3.8) is 0 Å². The lowest BCUT2D eigenvalue weighted by Gasteiger charge is -2.30. The van der Waals surface area contributed by atoms with E-state index in [-0.39, 0.29) is 43.7 Å². The summed E-state index contributed by atoms with van der Waals surface area (Å²) in [6, 6.07) is 10.2. The third kappa shape index (κ3) is 9.93. The first-order valence-electron chi connectivity index (χ1n) is 22.5. The van der Waals surface area contributed by atoms with Crippen LogP contribution in [-0.4, -0.2) is 92.3 Å². The highest BCUT2D eigenvalue weighted by molar-refractivity contribution is 7.91. The van der Waals surface area contributed by atoms with Crippen LogP contribution >= 0.6 is 11.3 Å². The first-order chi connectivity index (χ1) is 30.8. The highest BCUT2D eigenvalue weighted by Gasteiger charge is 2.63. The van der Waals surface area contributed by atoms with Crippen LogP contribution in [0.3, 0.4) is 0 Å². The largest absolute Gasteiger partial charge is 0.459 e. The molecule has 348 valence electrons. The second kappa shape index (κ2) is 17.8. The fraction of sp³-hybridized carbons (Fsp3) is 0.532. The minimum Gasteiger partial charge on any atom is -0.459 e. The quantitative estimate of drug-likeness (QED) is 0.138. The number of nitrogens with one attached hydrogen (secondary N) is 3. The number of benzene rings is 2. The van der Waals surface area contributed by atoms with Crippen molar-refractivity contribution in [1.82, 2.24) is 34.8 Å². The van der Waals surface area contributed by atoms with Crippen molar-refractivity contribution in [2.24, 2.45) is 5.92 Å². The maximum Gasteiger partial charge on any atom is 0.408 e. The number of amides is 4. The molecule has 4 heterocycles. The van der Waals surface area contributed by atoms with E-state index in [4.69, 9.17) is 19.4 Å². The monoisotopic (exact) mass is 931 g/mol. The van der Waals surface area contributed by atoms with Gasteiger partial charge in [0.05, 0.1) is 22.5 Å². The number of hydrogen-bond acceptors (Lipinski definition) is 11. The van der Waals surface area contributed by atoms with E-state index in [9.17, 15) is 32.0 Å². The number of allylic oxidation sites excluding steroid dienone is 1. The lowest BCUT2D eigenvalue weighted by molar-refractivity contribution is -0.141. The van der Waals surface area contributed by atoms with E-state index in [0.29, 0.717) is 37.6 Å². The van der Waals surface area contributed by atoms with Crippen molar-refractivity contribution >= 4 is 56.2 Å². The van der Waals surface area contributed by atoms with Crippen LogP contribution in [0.5, 0.6) is 6.01 Å². The number of carbonyl (C=O) groups excluding carboxylic acids is 4. The predicted molar refractivity (Wildman–Crippen MR) is 244 cm³/mol. The number of fused-ring (bicyclic) bond motifs is 3. The van der Waals surface area contributed by atoms with Crippen molar-refractivity contribution in [3.8, 4) is 16.6 Å². The van der Waals surface area contributed by atoms with Crippen LogP contribution in [0.1, 0.15) is 117 Å². The molecule has 0 spiro atoms. The second-order valence-corrected chi connectivity index (χ2v) is 22.4. The van der Waals surface area contributed by atoms with Crippen LogP contribution in [0, 0.1) is 11.7 Å². The lowest BCUT2D eigenvalue weighted by Crippen LogP contribution is -2.58. The smallest absolute Gasteiger partial charge is 0.408 e. The number of hydrogen-bond donors (Lipinski definition) is 3. The van der Waals surface area contributed by atoms with Crippen molar-refractivity contribution in [2.75, 3.05) is 6.54 Å². The normalized spacial score (nSPS) is 25.1. The minimum absolute atomic E-state index is 0.00931. The first kappa shape index (κ1) is 46.2. The summed E-state index contributed by atoms with van der Waals surface area (Å²) in [7, 11) is -4.02. The molecule has 4 aromatic rings. The number of alkyl carbamates (subject to hydrolysis) is 1. The van der Waals surface area contributed by atoms with Crippen LogP contribution in [-0.2, 0) is 35.6 Å². The molecule has 0 bridgehead atoms. The van der Waals surface area contributed by atoms with Gasteiger partial charge in [-0.3, -0.25) is 23.7 Å². The number of ether oxygens (including phenoxy) is 2. The van der Waals surface area contributed by atoms with E-state index in [1.165, 1.54) is 28.4 Å². The van der Waals surface area contributed by atoms with Crippen LogP contribution < -0.4 is 20.1 Å². The number of para-hydroxylation sites is 1. The molecular formula is C47H58FN7O8S2. The molecule has 2 aromatic heterocycles. The van der Waals surface area contributed by atoms with E-state index < -0.39 is 73.8 Å². The second-order valence-electron chi connectivity index (χ2n) is 19.4. The Morgan fingerprint density at radius 1 is 1.08 bits per heavy atom. The molecule has 0 unspecified atom stereocenters. The molecule has 8 rings (SSSR count). The fourth-order valence-electron chi connectivity index (χ4n) is 8.76. The third-order valence-electron chi connectivity index (χ3n) is 12.7. The molecule has 2 aliphatic carbocycles. The molecular weight excluding hydrogens is 874 g/mol. The molecule has 4 aliphatic rings. The predicted octanol–water partition coefficient (Wildman–Crippen LogP) is 7.11. The number of aromatic nitrogens is 3. The van der Waals surface area contributed by atoms with Gasteiger partial charge in [0.25, 0.3) is 11.9 Å². The third-order valence-corrected chi connectivity index (χ3v) is 15.8. The van der Waals surface area contributed by atoms with Gasteiger partial charge in [0, 0.05) is 35.7 Å². The maximum atomic E-state index is 14.8. The molecule has 65 heavy (non-hydrogen) atoms. The minimum atomic E-state index is -4.02. The van der Waals surface area contributed by atoms with E-state index in [2.05, 4.69) is 15.4 Å². The van der Waals surface area contributed by atoms with Gasteiger partial charge >= 0.3 is 6.09 Å². The number of sulfonamides is 1. The van der Waals surface area contributed by atoms with Gasteiger partial charge in [0.2, 0.25) is 21.8 Å². The molecule has 15 nitrogen and oxygen atoms in total. The zero-order valence-electron chi connectivity index (χ0n) is 37.7. The molecule has 3 N–H and O–H groups in total. The van der Waals surface area contributed by atoms with Crippen molar-refractivity contribution in [2.45, 2.75) is 146 Å². The highest BCUT2D eigenvalue weighted by Crippen LogP contribution is 2.48. The standard InChI is InChI=1S/C47H58FN7O8S2/c1-28(2)55-36-19-13-17-34(40-49-32(27-64-40)23-29-14-12-16-31(48)22-29)38(36)51-43(55)62-33-24-37-39(56)52-47(42(58)53-65(60,61)46(6)20-21-46)25-30(47)15-10-8-7-9-11-18-35(41(57)54(37)26-33)50-44(59)63-45(3,4)5/h10,12-17,19,22,27-28,30,33,35,37H,7-9,11,18,20-21,23-26H2,1-6H3,(H,50,59)(H,52,56)(H,53,58)/b15-10-/t30-,33-,35+,37+,47-/m1/s1. The van der Waals surface area contributed by atoms with E-state index in [1.807, 2.05) is 60.2 Å². The number of nitrogens with zero attached hydrogens (tertiary/aromatic N) is 4. The summed E-state index contributed by atoms with van der Waals surface area (Å²) >= 11 is 1.46. The Morgan fingerprint density at radius 2 is 1.85 bits per heavy atom. The highest BCUT2D eigenvalue weighted by atomic mass is 32.2. The Kier molecular flexibility index (Phi) is 12.6. The molecule has 5 atom stereocenters. The number of rotatable bonds is 10. The van der Waals surface area contributed by atoms with Crippen LogP contribution in [0.25, 0.3) is 21.6 Å². The number of carbonyl (C=O) groups is 4. The number of imidazole rings is 1. The number of halogens is 1. The summed E-state index contributed by atoms with van der Waals surface area (Å²) < 4.78 is 56.0. The molecule has 2 saturated carbocycles. The van der Waals surface area contributed by atoms with Crippen molar-refractivity contribution in [3.05, 3.63) is 77.1 Å². The summed E-state index contributed by atoms with van der Waals surface area (Å²) in [5.74, 6) is -2.74. The average molecular weight is 932 g/mol. The van der Waals surface area contributed by atoms with Gasteiger partial charge in [0.15, 0.2) is 0 Å². The zero-order chi connectivity index (χ0) is 46.5. The molecule has 0 radical (unpaired) electrons. The van der Waals surface area contributed by atoms with Gasteiger partial charge in [-0.2, -0.15) is 4.98 Å². The SMILES string of the molecule is CC(C)n1c(O[C@@H]2C[C@H]3C(=O)N[C@]4(C(=O)NS(=O)(=O)C5(C)CC5)C[C@H]4/C=C\CCCCC[C@H](NC(=O)OC(C)(C)C)C(=O)N3C2)nc2c(-c3nc(Cc4cccc(F)c4)cs3)cccc21. The van der Waals surface area contributed by atoms with E-state index >= 15 is 0 Å². The van der Waals surface area contributed by atoms with Crippen molar-refractivity contribution in [1.29, 1.82) is 0 Å². The molecule has 3 fully saturated rings. The van der Waals surface area contributed by atoms with E-state index in [0.717, 1.165) is 40.2 Å². The fourth-order valence-corrected chi connectivity index (χ4v) is 10.9. The summed E-state index contributed by atoms with van der Waals surface area (Å²) in [6.45, 7) is 10.7. The Labute approximate surface area is 383 Å². The Bertz CT molecular complexity index is 2630. The van der Waals surface area contributed by atoms with Gasteiger partial charge in [-0.05, 0) is 110 Å². The Balaban J connectivity index is 1.11. The molecule has 2 aliphatic heterocycles. The van der Waals surface area contributed by atoms with Gasteiger partial charge in [0.1, 0.15) is 45.7 Å².